The van der Waals surface area contributed by atoms with Crippen LogP contribution in [0.3, 0.4) is 0 Å². The monoisotopic (exact) mass is 281 g/mol. The molecule has 1 saturated heterocycles. The molecule has 2 N–H and O–H groups in total. The Hall–Kier alpha value is -0.910. The standard InChI is InChI=1S/C14H23N3OS/c1-2-3-13(15)14(18)17-7-5-16(6-8-17)10-12-4-9-19-11-12/h4,9,11,13H,2-3,5-8,10,15H2,1H3. The molecule has 0 aromatic carbocycles. The highest BCUT2D eigenvalue weighted by atomic mass is 32.1. The van der Waals surface area contributed by atoms with Gasteiger partial charge in [0.05, 0.1) is 6.04 Å². The van der Waals surface area contributed by atoms with Gasteiger partial charge in [-0.3, -0.25) is 9.69 Å². The molecule has 2 rings (SSSR count). The van der Waals surface area contributed by atoms with E-state index in [0.717, 1.165) is 45.6 Å². The molecule has 1 fully saturated rings. The summed E-state index contributed by atoms with van der Waals surface area (Å²) in [5, 5.41) is 4.30. The number of thiophene rings is 1. The van der Waals surface area contributed by atoms with Crippen molar-refractivity contribution >= 4 is 17.2 Å². The predicted molar refractivity (Wildman–Crippen MR) is 79.1 cm³/mol. The van der Waals surface area contributed by atoms with Crippen molar-refractivity contribution in [2.45, 2.75) is 32.4 Å². The number of amides is 1. The van der Waals surface area contributed by atoms with E-state index in [1.807, 2.05) is 4.90 Å². The third kappa shape index (κ3) is 4.03. The molecule has 1 amide bonds. The van der Waals surface area contributed by atoms with Crippen molar-refractivity contribution < 1.29 is 4.79 Å². The lowest BCUT2D eigenvalue weighted by Crippen LogP contribution is -2.52. The maximum atomic E-state index is 12.1. The first-order chi connectivity index (χ1) is 9.20. The van der Waals surface area contributed by atoms with Crippen molar-refractivity contribution in [1.29, 1.82) is 0 Å². The highest BCUT2D eigenvalue weighted by Gasteiger charge is 2.24. The van der Waals surface area contributed by atoms with E-state index in [4.69, 9.17) is 5.73 Å². The molecule has 1 aliphatic rings. The first-order valence-corrected chi connectivity index (χ1v) is 7.92. The summed E-state index contributed by atoms with van der Waals surface area (Å²) in [6.45, 7) is 6.56. The van der Waals surface area contributed by atoms with Gasteiger partial charge >= 0.3 is 0 Å². The number of carbonyl (C=O) groups excluding carboxylic acids is 1. The summed E-state index contributed by atoms with van der Waals surface area (Å²) >= 11 is 1.74. The van der Waals surface area contributed by atoms with E-state index in [9.17, 15) is 4.79 Å². The Morgan fingerprint density at radius 3 is 2.74 bits per heavy atom. The summed E-state index contributed by atoms with van der Waals surface area (Å²) < 4.78 is 0. The number of piperazine rings is 1. The number of nitrogens with zero attached hydrogens (tertiary/aromatic N) is 2. The minimum absolute atomic E-state index is 0.122. The molecule has 0 saturated carbocycles. The molecular weight excluding hydrogens is 258 g/mol. The molecule has 5 heteroatoms. The SMILES string of the molecule is CCCC(N)C(=O)N1CCN(Cc2ccsc2)CC1. The average molecular weight is 281 g/mol. The van der Waals surface area contributed by atoms with Crippen molar-refractivity contribution in [2.24, 2.45) is 5.73 Å². The van der Waals surface area contributed by atoms with Crippen LogP contribution in [-0.2, 0) is 11.3 Å². The van der Waals surface area contributed by atoms with Crippen LogP contribution >= 0.6 is 11.3 Å². The molecule has 1 unspecified atom stereocenters. The highest BCUT2D eigenvalue weighted by molar-refractivity contribution is 7.07. The first-order valence-electron chi connectivity index (χ1n) is 6.98. The Kier molecular flexibility index (Phi) is 5.36. The predicted octanol–water partition coefficient (Wildman–Crippen LogP) is 1.52. The summed E-state index contributed by atoms with van der Waals surface area (Å²) in [4.78, 5) is 16.4. The van der Waals surface area contributed by atoms with Gasteiger partial charge in [-0.2, -0.15) is 11.3 Å². The molecule has 1 aromatic heterocycles. The second-order valence-electron chi connectivity index (χ2n) is 5.13. The third-order valence-corrected chi connectivity index (χ3v) is 4.32. The van der Waals surface area contributed by atoms with Crippen LogP contribution in [0.15, 0.2) is 16.8 Å². The molecule has 0 bridgehead atoms. The van der Waals surface area contributed by atoms with Gasteiger partial charge in [-0.05, 0) is 28.8 Å². The Balaban J connectivity index is 1.77. The second-order valence-corrected chi connectivity index (χ2v) is 5.91. The first kappa shape index (κ1) is 14.5. The van der Waals surface area contributed by atoms with E-state index < -0.39 is 0 Å². The average Bonchev–Trinajstić information content (AvgIpc) is 2.92. The lowest BCUT2D eigenvalue weighted by atomic mass is 10.1. The summed E-state index contributed by atoms with van der Waals surface area (Å²) in [5.74, 6) is 0.122. The van der Waals surface area contributed by atoms with E-state index in [2.05, 4.69) is 28.7 Å². The molecule has 0 spiro atoms. The number of nitrogens with two attached hydrogens (primary N) is 1. The van der Waals surface area contributed by atoms with Crippen LogP contribution in [0.4, 0.5) is 0 Å². The number of carbonyl (C=O) groups is 1. The lowest BCUT2D eigenvalue weighted by Gasteiger charge is -2.35. The number of hydrogen-bond donors (Lipinski definition) is 1. The fraction of sp³-hybridized carbons (Fsp3) is 0.643. The summed E-state index contributed by atoms with van der Waals surface area (Å²) in [5.41, 5.74) is 7.27. The van der Waals surface area contributed by atoms with E-state index in [-0.39, 0.29) is 11.9 Å². The fourth-order valence-electron chi connectivity index (χ4n) is 2.44. The topological polar surface area (TPSA) is 49.6 Å². The normalized spacial score (nSPS) is 18.5. The zero-order valence-electron chi connectivity index (χ0n) is 11.5. The minimum atomic E-state index is -0.312. The van der Waals surface area contributed by atoms with Crippen LogP contribution in [0.2, 0.25) is 0 Å². The van der Waals surface area contributed by atoms with E-state index >= 15 is 0 Å². The summed E-state index contributed by atoms with van der Waals surface area (Å²) in [6, 6.07) is 1.85. The van der Waals surface area contributed by atoms with Gasteiger partial charge in [0, 0.05) is 32.7 Å². The molecule has 1 aliphatic heterocycles. The van der Waals surface area contributed by atoms with Crippen LogP contribution in [-0.4, -0.2) is 47.9 Å². The molecule has 4 nitrogen and oxygen atoms in total. The Morgan fingerprint density at radius 1 is 1.42 bits per heavy atom. The summed E-state index contributed by atoms with van der Waals surface area (Å²) in [6.07, 6.45) is 1.75. The molecule has 0 aliphatic carbocycles. The smallest absolute Gasteiger partial charge is 0.239 e. The molecule has 1 atom stereocenters. The number of hydrogen-bond acceptors (Lipinski definition) is 4. The van der Waals surface area contributed by atoms with Crippen molar-refractivity contribution in [3.05, 3.63) is 22.4 Å². The molecule has 106 valence electrons. The van der Waals surface area contributed by atoms with Gasteiger partial charge in [0.1, 0.15) is 0 Å². The molecule has 0 radical (unpaired) electrons. The zero-order chi connectivity index (χ0) is 13.7. The van der Waals surface area contributed by atoms with Gasteiger partial charge in [0.25, 0.3) is 0 Å². The fourth-order valence-corrected chi connectivity index (χ4v) is 3.10. The van der Waals surface area contributed by atoms with Crippen LogP contribution in [0.1, 0.15) is 25.3 Å². The zero-order valence-corrected chi connectivity index (χ0v) is 12.4. The molecule has 1 aromatic rings. The Labute approximate surface area is 119 Å². The lowest BCUT2D eigenvalue weighted by molar-refractivity contribution is -0.134. The maximum Gasteiger partial charge on any atom is 0.239 e. The Bertz CT molecular complexity index is 385. The van der Waals surface area contributed by atoms with Gasteiger partial charge in [0.15, 0.2) is 0 Å². The van der Waals surface area contributed by atoms with Gasteiger partial charge in [-0.1, -0.05) is 13.3 Å². The maximum absolute atomic E-state index is 12.1. The van der Waals surface area contributed by atoms with E-state index in [1.54, 1.807) is 11.3 Å². The van der Waals surface area contributed by atoms with Gasteiger partial charge < -0.3 is 10.6 Å². The van der Waals surface area contributed by atoms with Gasteiger partial charge in [-0.25, -0.2) is 0 Å². The summed E-state index contributed by atoms with van der Waals surface area (Å²) in [7, 11) is 0. The van der Waals surface area contributed by atoms with E-state index in [0.29, 0.717) is 0 Å². The minimum Gasteiger partial charge on any atom is -0.339 e. The van der Waals surface area contributed by atoms with Crippen LogP contribution in [0, 0.1) is 0 Å². The number of rotatable bonds is 5. The molecular formula is C14H23N3OS. The van der Waals surface area contributed by atoms with Gasteiger partial charge in [-0.15, -0.1) is 0 Å². The largest absolute Gasteiger partial charge is 0.339 e. The molecule has 2 heterocycles. The highest BCUT2D eigenvalue weighted by Crippen LogP contribution is 2.12. The van der Waals surface area contributed by atoms with Gasteiger partial charge in [0.2, 0.25) is 5.91 Å². The third-order valence-electron chi connectivity index (χ3n) is 3.59. The van der Waals surface area contributed by atoms with Crippen molar-refractivity contribution in [1.82, 2.24) is 9.80 Å². The Morgan fingerprint density at radius 2 is 2.16 bits per heavy atom. The molecule has 19 heavy (non-hydrogen) atoms. The van der Waals surface area contributed by atoms with Crippen molar-refractivity contribution in [2.75, 3.05) is 26.2 Å². The quantitative estimate of drug-likeness (QED) is 0.890. The van der Waals surface area contributed by atoms with Crippen molar-refractivity contribution in [3.8, 4) is 0 Å². The van der Waals surface area contributed by atoms with Crippen LogP contribution < -0.4 is 5.73 Å². The second kappa shape index (κ2) is 7.03. The van der Waals surface area contributed by atoms with Crippen LogP contribution in [0.25, 0.3) is 0 Å². The van der Waals surface area contributed by atoms with Crippen LogP contribution in [0.5, 0.6) is 0 Å². The van der Waals surface area contributed by atoms with Crippen molar-refractivity contribution in [3.63, 3.8) is 0 Å². The van der Waals surface area contributed by atoms with E-state index in [1.165, 1.54) is 5.56 Å².